The van der Waals surface area contributed by atoms with Gasteiger partial charge in [0, 0.05) is 24.9 Å². The summed E-state index contributed by atoms with van der Waals surface area (Å²) in [5.74, 6) is 1.08. The van der Waals surface area contributed by atoms with E-state index in [2.05, 4.69) is 0 Å². The van der Waals surface area contributed by atoms with Gasteiger partial charge >= 0.3 is 0 Å². The molecule has 2 heterocycles. The van der Waals surface area contributed by atoms with Crippen LogP contribution in [-0.2, 0) is 9.68 Å². The van der Waals surface area contributed by atoms with Crippen LogP contribution in [0.1, 0.15) is 11.9 Å². The van der Waals surface area contributed by atoms with Crippen molar-refractivity contribution in [3.05, 3.63) is 35.9 Å². The molecule has 2 aliphatic rings. The third kappa shape index (κ3) is 1.85. The number of hydrogen-bond acceptors (Lipinski definition) is 5. The SMILES string of the molecule is CN1OC(c2ccccc2)ON2CCSC12. The lowest BCUT2D eigenvalue weighted by molar-refractivity contribution is -0.426. The number of rotatable bonds is 1. The Labute approximate surface area is 99.0 Å². The van der Waals surface area contributed by atoms with E-state index in [-0.39, 0.29) is 11.8 Å². The number of nitrogens with zero attached hydrogens (tertiary/aromatic N) is 2. The Morgan fingerprint density at radius 3 is 2.88 bits per heavy atom. The monoisotopic (exact) mass is 238 g/mol. The minimum absolute atomic E-state index is 0.194. The van der Waals surface area contributed by atoms with Crippen molar-refractivity contribution in [2.45, 2.75) is 11.8 Å². The smallest absolute Gasteiger partial charge is 0.222 e. The molecule has 16 heavy (non-hydrogen) atoms. The quantitative estimate of drug-likeness (QED) is 0.743. The molecule has 86 valence electrons. The van der Waals surface area contributed by atoms with Crippen LogP contribution >= 0.6 is 11.8 Å². The van der Waals surface area contributed by atoms with Crippen molar-refractivity contribution in [2.75, 3.05) is 19.3 Å². The molecule has 2 aliphatic heterocycles. The normalized spacial score (nSPS) is 31.6. The molecule has 2 fully saturated rings. The Bertz CT molecular complexity index is 362. The van der Waals surface area contributed by atoms with Crippen molar-refractivity contribution >= 4 is 11.8 Å². The minimum Gasteiger partial charge on any atom is -0.258 e. The zero-order chi connectivity index (χ0) is 11.0. The molecule has 0 radical (unpaired) electrons. The Morgan fingerprint density at radius 2 is 2.06 bits per heavy atom. The van der Waals surface area contributed by atoms with Gasteiger partial charge in [0.05, 0.1) is 0 Å². The first-order chi connectivity index (χ1) is 7.84. The highest BCUT2D eigenvalue weighted by atomic mass is 32.2. The fraction of sp³-hybridized carbons (Fsp3) is 0.455. The van der Waals surface area contributed by atoms with Crippen molar-refractivity contribution in [2.24, 2.45) is 0 Å². The van der Waals surface area contributed by atoms with Crippen molar-refractivity contribution in [1.82, 2.24) is 10.1 Å². The van der Waals surface area contributed by atoms with Crippen molar-refractivity contribution in [3.8, 4) is 0 Å². The summed E-state index contributed by atoms with van der Waals surface area (Å²) in [4.78, 5) is 11.6. The maximum atomic E-state index is 5.82. The average molecular weight is 238 g/mol. The standard InChI is InChI=1S/C11H14N2O2S/c1-12-11-13(7-8-16-11)15-10(14-12)9-5-3-2-4-6-9/h2-6,10-11H,7-8H2,1H3. The van der Waals surface area contributed by atoms with Crippen LogP contribution < -0.4 is 0 Å². The van der Waals surface area contributed by atoms with Crippen LogP contribution in [0.25, 0.3) is 0 Å². The number of hydrogen-bond donors (Lipinski definition) is 0. The largest absolute Gasteiger partial charge is 0.258 e. The minimum atomic E-state index is -0.318. The van der Waals surface area contributed by atoms with E-state index in [1.54, 1.807) is 0 Å². The Kier molecular flexibility index (Phi) is 2.87. The topological polar surface area (TPSA) is 24.9 Å². The molecule has 0 N–H and O–H groups in total. The van der Waals surface area contributed by atoms with Crippen LogP contribution in [0.3, 0.4) is 0 Å². The lowest BCUT2D eigenvalue weighted by Gasteiger charge is -2.39. The molecule has 3 rings (SSSR count). The number of hydroxylamine groups is 4. The summed E-state index contributed by atoms with van der Waals surface area (Å²) in [5.41, 5.74) is 1.24. The van der Waals surface area contributed by atoms with Gasteiger partial charge in [-0.1, -0.05) is 30.3 Å². The maximum absolute atomic E-state index is 5.82. The van der Waals surface area contributed by atoms with E-state index in [1.165, 1.54) is 0 Å². The fourth-order valence-electron chi connectivity index (χ4n) is 1.91. The van der Waals surface area contributed by atoms with E-state index >= 15 is 0 Å². The van der Waals surface area contributed by atoms with E-state index < -0.39 is 0 Å². The third-order valence-electron chi connectivity index (χ3n) is 2.70. The predicted molar refractivity (Wildman–Crippen MR) is 62.1 cm³/mol. The van der Waals surface area contributed by atoms with Gasteiger partial charge in [0.15, 0.2) is 5.50 Å². The summed E-state index contributed by atoms with van der Waals surface area (Å²) in [6, 6.07) is 10.0. The highest BCUT2D eigenvalue weighted by Crippen LogP contribution is 2.36. The summed E-state index contributed by atoms with van der Waals surface area (Å²) in [7, 11) is 1.95. The molecular weight excluding hydrogens is 224 g/mol. The van der Waals surface area contributed by atoms with E-state index in [1.807, 2.05) is 59.3 Å². The summed E-state index contributed by atoms with van der Waals surface area (Å²) in [6.45, 7) is 0.951. The average Bonchev–Trinajstić information content (AvgIpc) is 2.79. The highest BCUT2D eigenvalue weighted by Gasteiger charge is 2.38. The van der Waals surface area contributed by atoms with Crippen LogP contribution in [0.4, 0.5) is 0 Å². The summed E-state index contributed by atoms with van der Waals surface area (Å²) >= 11 is 1.83. The molecule has 2 unspecified atom stereocenters. The first kappa shape index (κ1) is 10.6. The van der Waals surface area contributed by atoms with Gasteiger partial charge in [0.1, 0.15) is 0 Å². The first-order valence-corrected chi connectivity index (χ1v) is 6.39. The van der Waals surface area contributed by atoms with Gasteiger partial charge in [0.2, 0.25) is 6.29 Å². The molecule has 2 atom stereocenters. The van der Waals surface area contributed by atoms with Crippen molar-refractivity contribution < 1.29 is 9.68 Å². The summed E-state index contributed by atoms with van der Waals surface area (Å²) in [5, 5.41) is 3.87. The van der Waals surface area contributed by atoms with E-state index in [9.17, 15) is 0 Å². The number of benzene rings is 1. The van der Waals surface area contributed by atoms with E-state index in [0.29, 0.717) is 0 Å². The van der Waals surface area contributed by atoms with Gasteiger partial charge in [0.25, 0.3) is 0 Å². The second-order valence-electron chi connectivity index (χ2n) is 3.84. The second kappa shape index (κ2) is 4.35. The first-order valence-electron chi connectivity index (χ1n) is 5.34. The maximum Gasteiger partial charge on any atom is 0.222 e. The van der Waals surface area contributed by atoms with E-state index in [0.717, 1.165) is 17.9 Å². The molecule has 1 aromatic rings. The lowest BCUT2D eigenvalue weighted by Crippen LogP contribution is -2.47. The number of fused-ring (bicyclic) bond motifs is 1. The highest BCUT2D eigenvalue weighted by molar-refractivity contribution is 8.00. The molecule has 0 aliphatic carbocycles. The molecule has 0 spiro atoms. The molecule has 1 aromatic carbocycles. The summed E-state index contributed by atoms with van der Waals surface area (Å²) in [6.07, 6.45) is -0.318. The molecule has 0 aromatic heterocycles. The van der Waals surface area contributed by atoms with Crippen molar-refractivity contribution in [3.63, 3.8) is 0 Å². The molecule has 2 saturated heterocycles. The molecule has 5 heteroatoms. The third-order valence-corrected chi connectivity index (χ3v) is 3.95. The fourth-order valence-corrected chi connectivity index (χ4v) is 2.99. The zero-order valence-corrected chi connectivity index (χ0v) is 9.89. The van der Waals surface area contributed by atoms with Gasteiger partial charge < -0.3 is 0 Å². The Hall–Kier alpha value is -0.590. The van der Waals surface area contributed by atoms with Crippen LogP contribution in [0.15, 0.2) is 30.3 Å². The predicted octanol–water partition coefficient (Wildman–Crippen LogP) is 1.83. The van der Waals surface area contributed by atoms with Gasteiger partial charge in [-0.2, -0.15) is 10.1 Å². The molecular formula is C11H14N2O2S. The Morgan fingerprint density at radius 1 is 1.25 bits per heavy atom. The molecule has 0 amide bonds. The van der Waals surface area contributed by atoms with Gasteiger partial charge in [-0.3, -0.25) is 9.68 Å². The zero-order valence-electron chi connectivity index (χ0n) is 9.07. The molecule has 0 saturated carbocycles. The Balaban J connectivity index is 1.79. The number of thioether (sulfide) groups is 1. The van der Waals surface area contributed by atoms with Crippen molar-refractivity contribution in [1.29, 1.82) is 0 Å². The van der Waals surface area contributed by atoms with E-state index in [4.69, 9.17) is 9.68 Å². The second-order valence-corrected chi connectivity index (χ2v) is 5.00. The van der Waals surface area contributed by atoms with Crippen LogP contribution in [0.5, 0.6) is 0 Å². The van der Waals surface area contributed by atoms with Crippen LogP contribution in [0.2, 0.25) is 0 Å². The van der Waals surface area contributed by atoms with Gasteiger partial charge in [-0.25, -0.2) is 0 Å². The van der Waals surface area contributed by atoms with Crippen LogP contribution in [-0.4, -0.2) is 35.0 Å². The van der Waals surface area contributed by atoms with Crippen LogP contribution in [0, 0.1) is 0 Å². The lowest BCUT2D eigenvalue weighted by atomic mass is 10.2. The van der Waals surface area contributed by atoms with Gasteiger partial charge in [-0.15, -0.1) is 11.8 Å². The molecule has 0 bridgehead atoms. The van der Waals surface area contributed by atoms with Gasteiger partial charge in [-0.05, 0) is 0 Å². The molecule has 4 nitrogen and oxygen atoms in total. The summed E-state index contributed by atoms with van der Waals surface area (Å²) < 4.78 is 0.